The summed E-state index contributed by atoms with van der Waals surface area (Å²) in [5.41, 5.74) is 3.68. The van der Waals surface area contributed by atoms with E-state index in [1.54, 1.807) is 6.07 Å². The maximum absolute atomic E-state index is 10.7. The molecule has 0 saturated carbocycles. The quantitative estimate of drug-likeness (QED) is 0.376. The van der Waals surface area contributed by atoms with E-state index in [9.17, 15) is 10.2 Å². The molecule has 0 aliphatic carbocycles. The number of hydrogen-bond acceptors (Lipinski definition) is 7. The predicted molar refractivity (Wildman–Crippen MR) is 130 cm³/mol. The molecule has 6 rings (SSSR count). The summed E-state index contributed by atoms with van der Waals surface area (Å²) in [6.45, 7) is 0.186. The smallest absolute Gasteiger partial charge is 0.296 e. The lowest BCUT2D eigenvalue weighted by atomic mass is 9.93. The minimum atomic E-state index is -1.22. The van der Waals surface area contributed by atoms with Crippen LogP contribution in [-0.4, -0.2) is 68.9 Å². The number of rotatable bonds is 6. The van der Waals surface area contributed by atoms with Gasteiger partial charge in [-0.1, -0.05) is 66.2 Å². The van der Waals surface area contributed by atoms with E-state index in [0.29, 0.717) is 21.9 Å². The van der Waals surface area contributed by atoms with Gasteiger partial charge in [0.2, 0.25) is 0 Å². The van der Waals surface area contributed by atoms with Crippen molar-refractivity contribution in [3.63, 3.8) is 0 Å². The van der Waals surface area contributed by atoms with Gasteiger partial charge in [-0.3, -0.25) is 0 Å². The summed E-state index contributed by atoms with van der Waals surface area (Å²) in [6, 6.07) is 20.3. The van der Waals surface area contributed by atoms with Crippen LogP contribution in [-0.2, 0) is 9.47 Å². The Morgan fingerprint density at radius 1 is 1.03 bits per heavy atom. The second-order valence-electron chi connectivity index (χ2n) is 8.94. The summed E-state index contributed by atoms with van der Waals surface area (Å²) >= 11 is 6.57. The molecule has 0 amide bonds. The lowest BCUT2D eigenvalue weighted by molar-refractivity contribution is -0.0793. The number of aliphatic hydroxyl groups excluding tert-OH is 1. The molecule has 35 heavy (non-hydrogen) atoms. The number of ether oxygens (including phenoxy) is 3. The van der Waals surface area contributed by atoms with Gasteiger partial charge < -0.3 is 29.4 Å². The van der Waals surface area contributed by atoms with Crippen molar-refractivity contribution in [3.8, 4) is 28.4 Å². The maximum Gasteiger partial charge on any atom is 0.296 e. The molecule has 0 radical (unpaired) electrons. The Kier molecular flexibility index (Phi) is 5.70. The lowest BCUT2D eigenvalue weighted by Gasteiger charge is -2.25. The Morgan fingerprint density at radius 2 is 1.77 bits per heavy atom. The number of aromatic amines is 1. The Morgan fingerprint density at radius 3 is 2.54 bits per heavy atom. The molecule has 3 N–H and O–H groups in total. The molecule has 4 heterocycles. The number of H-pyrrole nitrogens is 1. The summed E-state index contributed by atoms with van der Waals surface area (Å²) in [5.74, 6) is 0. The van der Waals surface area contributed by atoms with E-state index in [0.717, 1.165) is 16.7 Å². The Hall–Kier alpha value is -3.01. The van der Waals surface area contributed by atoms with Crippen LogP contribution in [0.5, 0.6) is 6.01 Å². The summed E-state index contributed by atoms with van der Waals surface area (Å²) in [4.78, 5) is 12.3. The van der Waals surface area contributed by atoms with Gasteiger partial charge in [-0.15, -0.1) is 0 Å². The van der Waals surface area contributed by atoms with Gasteiger partial charge >= 0.3 is 0 Å². The number of nitrogens with one attached hydrogen (secondary N) is 1. The number of benzene rings is 2. The van der Waals surface area contributed by atoms with Crippen molar-refractivity contribution < 1.29 is 24.4 Å². The first kappa shape index (κ1) is 22.5. The fourth-order valence-electron chi connectivity index (χ4n) is 4.82. The lowest BCUT2D eigenvalue weighted by Crippen LogP contribution is -2.44. The molecule has 2 aliphatic heterocycles. The Bertz CT molecular complexity index is 1350. The van der Waals surface area contributed by atoms with Gasteiger partial charge in [-0.05, 0) is 17.2 Å². The first-order valence-electron chi connectivity index (χ1n) is 11.5. The second-order valence-corrected chi connectivity index (χ2v) is 9.35. The summed E-state index contributed by atoms with van der Waals surface area (Å²) in [7, 11) is 0. The Labute approximate surface area is 206 Å². The minimum absolute atomic E-state index is 0.0898. The molecular formula is C26H24ClN3O5. The summed E-state index contributed by atoms with van der Waals surface area (Å²) in [5, 5.41) is 20.4. The molecule has 4 aromatic rings. The Balaban J connectivity index is 1.22. The third-order valence-corrected chi connectivity index (χ3v) is 6.93. The van der Waals surface area contributed by atoms with Crippen molar-refractivity contribution >= 4 is 22.8 Å². The van der Waals surface area contributed by atoms with Crippen LogP contribution in [0, 0.1) is 0 Å². The second kappa shape index (κ2) is 8.89. The van der Waals surface area contributed by atoms with E-state index >= 15 is 0 Å². The van der Waals surface area contributed by atoms with Crippen LogP contribution in [0.25, 0.3) is 33.5 Å². The number of aliphatic hydroxyl groups is 2. The zero-order valence-electron chi connectivity index (χ0n) is 18.7. The predicted octanol–water partition coefficient (Wildman–Crippen LogP) is 3.60. The van der Waals surface area contributed by atoms with Crippen molar-refractivity contribution in [2.24, 2.45) is 0 Å². The molecule has 9 heteroatoms. The van der Waals surface area contributed by atoms with E-state index < -0.39 is 23.9 Å². The van der Waals surface area contributed by atoms with Gasteiger partial charge in [0.1, 0.15) is 17.8 Å². The molecular weight excluding hydrogens is 470 g/mol. The molecule has 180 valence electrons. The molecule has 2 aromatic carbocycles. The van der Waals surface area contributed by atoms with Crippen LogP contribution in [0.15, 0.2) is 60.7 Å². The van der Waals surface area contributed by atoms with E-state index in [1.807, 2.05) is 42.5 Å². The highest BCUT2D eigenvalue weighted by Gasteiger charge is 2.56. The zero-order valence-corrected chi connectivity index (χ0v) is 19.5. The van der Waals surface area contributed by atoms with Gasteiger partial charge in [-0.25, -0.2) is 4.98 Å². The van der Waals surface area contributed by atoms with Gasteiger partial charge in [-0.2, -0.15) is 4.98 Å². The van der Waals surface area contributed by atoms with Gasteiger partial charge in [0.25, 0.3) is 6.01 Å². The van der Waals surface area contributed by atoms with E-state index in [2.05, 4.69) is 27.1 Å². The van der Waals surface area contributed by atoms with Crippen molar-refractivity contribution in [1.82, 2.24) is 15.0 Å². The van der Waals surface area contributed by atoms with Crippen molar-refractivity contribution in [3.05, 3.63) is 65.7 Å². The first-order valence-corrected chi connectivity index (χ1v) is 11.9. The first-order chi connectivity index (χ1) is 17.0. The normalized spacial score (nSPS) is 25.7. The molecule has 2 saturated heterocycles. The number of halogens is 1. The monoisotopic (exact) mass is 493 g/mol. The number of aromatic nitrogens is 3. The van der Waals surface area contributed by atoms with Crippen LogP contribution in [0.3, 0.4) is 0 Å². The maximum atomic E-state index is 10.7. The number of imidazole rings is 1. The van der Waals surface area contributed by atoms with Crippen molar-refractivity contribution in [2.75, 3.05) is 19.8 Å². The van der Waals surface area contributed by atoms with E-state index in [1.165, 1.54) is 0 Å². The van der Waals surface area contributed by atoms with Gasteiger partial charge in [0.05, 0.1) is 29.4 Å². The molecule has 4 atom stereocenters. The highest BCUT2D eigenvalue weighted by Crippen LogP contribution is 2.38. The fraction of sp³-hybridized carbons (Fsp3) is 0.308. The van der Waals surface area contributed by atoms with Crippen LogP contribution in [0.4, 0.5) is 0 Å². The molecule has 0 bridgehead atoms. The van der Waals surface area contributed by atoms with Crippen molar-refractivity contribution in [2.45, 2.75) is 30.3 Å². The molecule has 0 spiro atoms. The zero-order chi connectivity index (χ0) is 24.0. The highest BCUT2D eigenvalue weighted by atomic mass is 35.5. The van der Waals surface area contributed by atoms with Crippen LogP contribution in [0.2, 0.25) is 5.02 Å². The van der Waals surface area contributed by atoms with Crippen LogP contribution in [0.1, 0.15) is 6.42 Å². The SMILES string of the molecule is OCC[C@@]1(O)COC2[C@H](Oc3nc4nc(-c5ccc(-c6ccccc6)cc5)c(Cl)cc4[nH]3)CO[C@@H]21. The standard InChI is InChI=1S/C26H24ClN3O5/c27-18-12-19-24(29-21(18)17-8-6-16(7-9-17)15-4-2-1-3-5-15)30-25(28-19)35-20-13-33-23-22(20)34-14-26(23,32)10-11-31/h1-9,12,20,22-23,31-32H,10-11,13-14H2,(H,28,29,30)/t20-,22?,23+,26-/m1/s1. The van der Waals surface area contributed by atoms with E-state index in [-0.39, 0.29) is 32.3 Å². The number of nitrogens with zero attached hydrogens (tertiary/aromatic N) is 2. The summed E-state index contributed by atoms with van der Waals surface area (Å²) in [6.07, 6.45) is -1.27. The van der Waals surface area contributed by atoms with Crippen molar-refractivity contribution in [1.29, 1.82) is 0 Å². The van der Waals surface area contributed by atoms with Crippen LogP contribution < -0.4 is 4.74 Å². The molecule has 2 aliphatic rings. The molecule has 2 fully saturated rings. The molecule has 8 nitrogen and oxygen atoms in total. The third-order valence-electron chi connectivity index (χ3n) is 6.64. The topological polar surface area (TPSA) is 110 Å². The fourth-order valence-corrected chi connectivity index (χ4v) is 5.08. The number of hydrogen-bond donors (Lipinski definition) is 3. The molecule has 1 unspecified atom stereocenters. The van der Waals surface area contributed by atoms with E-state index in [4.69, 9.17) is 25.8 Å². The van der Waals surface area contributed by atoms with Gasteiger partial charge in [0.15, 0.2) is 11.8 Å². The van der Waals surface area contributed by atoms with Gasteiger partial charge in [0, 0.05) is 18.6 Å². The highest BCUT2D eigenvalue weighted by molar-refractivity contribution is 6.33. The molecule has 2 aromatic heterocycles. The number of pyridine rings is 1. The largest absolute Gasteiger partial charge is 0.456 e. The average molecular weight is 494 g/mol. The average Bonchev–Trinajstić information content (AvgIpc) is 3.55. The number of fused-ring (bicyclic) bond motifs is 2. The third kappa shape index (κ3) is 4.07. The minimum Gasteiger partial charge on any atom is -0.456 e. The van der Waals surface area contributed by atoms with Crippen LogP contribution >= 0.6 is 11.6 Å². The summed E-state index contributed by atoms with van der Waals surface area (Å²) < 4.78 is 17.5.